The minimum Gasteiger partial charge on any atom is -0.372 e. The molecular formula is C13H23ClF3NO. The van der Waals surface area contributed by atoms with Gasteiger partial charge in [-0.05, 0) is 31.7 Å². The van der Waals surface area contributed by atoms with E-state index in [4.69, 9.17) is 11.6 Å². The minimum atomic E-state index is -4.23. The van der Waals surface area contributed by atoms with Gasteiger partial charge in [0.15, 0.2) is 0 Å². The van der Waals surface area contributed by atoms with Crippen molar-refractivity contribution in [1.29, 1.82) is 0 Å². The molecule has 0 bridgehead atoms. The number of ether oxygens (including phenoxy) is 1. The number of alkyl halides is 4. The Morgan fingerprint density at radius 1 is 1.42 bits per heavy atom. The zero-order valence-electron chi connectivity index (χ0n) is 11.4. The van der Waals surface area contributed by atoms with Crippen molar-refractivity contribution in [3.63, 3.8) is 0 Å². The molecule has 2 nitrogen and oxygen atoms in total. The molecule has 0 aromatic heterocycles. The summed E-state index contributed by atoms with van der Waals surface area (Å²) in [7, 11) is 0. The van der Waals surface area contributed by atoms with E-state index in [0.29, 0.717) is 24.8 Å². The topological polar surface area (TPSA) is 21.3 Å². The zero-order valence-corrected chi connectivity index (χ0v) is 12.1. The van der Waals surface area contributed by atoms with Crippen molar-refractivity contribution >= 4 is 11.6 Å². The minimum absolute atomic E-state index is 0.0384. The Labute approximate surface area is 118 Å². The van der Waals surface area contributed by atoms with Crippen molar-refractivity contribution in [2.24, 2.45) is 5.92 Å². The fourth-order valence-electron chi connectivity index (χ4n) is 2.70. The second-order valence-electron chi connectivity index (χ2n) is 5.56. The summed E-state index contributed by atoms with van der Waals surface area (Å²) in [5, 5.41) is 3.42. The standard InChI is InChI=1S/C13H23ClF3NO/c1-11-4-2-5-12(8-11,9-14)18-6-3-7-19-10-13(15,16)17/h11,18H,2-10H2,1H3. The lowest BCUT2D eigenvalue weighted by atomic mass is 9.77. The van der Waals surface area contributed by atoms with E-state index in [1.807, 2.05) is 0 Å². The van der Waals surface area contributed by atoms with Crippen LogP contribution in [0.5, 0.6) is 0 Å². The lowest BCUT2D eigenvalue weighted by molar-refractivity contribution is -0.174. The Hall–Kier alpha value is -0.0000000000000000555. The number of halogens is 4. The fourth-order valence-corrected chi connectivity index (χ4v) is 3.04. The van der Waals surface area contributed by atoms with Crippen molar-refractivity contribution in [2.45, 2.75) is 50.7 Å². The van der Waals surface area contributed by atoms with Gasteiger partial charge in [-0.3, -0.25) is 0 Å². The van der Waals surface area contributed by atoms with E-state index in [1.54, 1.807) is 0 Å². The van der Waals surface area contributed by atoms with Crippen LogP contribution in [-0.2, 0) is 4.74 Å². The van der Waals surface area contributed by atoms with Gasteiger partial charge in [0, 0.05) is 18.0 Å². The summed E-state index contributed by atoms with van der Waals surface area (Å²) in [5.41, 5.74) is -0.0384. The maximum absolute atomic E-state index is 11.9. The molecule has 2 unspecified atom stereocenters. The van der Waals surface area contributed by atoms with Gasteiger partial charge in [0.1, 0.15) is 6.61 Å². The summed E-state index contributed by atoms with van der Waals surface area (Å²) in [4.78, 5) is 0. The fraction of sp³-hybridized carbons (Fsp3) is 1.00. The lowest BCUT2D eigenvalue weighted by Crippen LogP contribution is -2.50. The molecule has 1 aliphatic carbocycles. The molecular weight excluding hydrogens is 279 g/mol. The monoisotopic (exact) mass is 301 g/mol. The third-order valence-corrected chi connectivity index (χ3v) is 4.09. The molecule has 19 heavy (non-hydrogen) atoms. The molecule has 2 atom stereocenters. The second kappa shape index (κ2) is 7.70. The van der Waals surface area contributed by atoms with Gasteiger partial charge in [0.2, 0.25) is 0 Å². The average Bonchev–Trinajstić information content (AvgIpc) is 2.32. The normalized spacial score (nSPS) is 28.6. The van der Waals surface area contributed by atoms with Crippen LogP contribution >= 0.6 is 11.6 Å². The third-order valence-electron chi connectivity index (χ3n) is 3.58. The van der Waals surface area contributed by atoms with Crippen LogP contribution in [-0.4, -0.2) is 37.4 Å². The predicted molar refractivity (Wildman–Crippen MR) is 70.6 cm³/mol. The van der Waals surface area contributed by atoms with Gasteiger partial charge in [0.25, 0.3) is 0 Å². The van der Waals surface area contributed by atoms with Crippen LogP contribution in [0.1, 0.15) is 39.0 Å². The van der Waals surface area contributed by atoms with Gasteiger partial charge in [0.05, 0.1) is 0 Å². The Kier molecular flexibility index (Phi) is 6.91. The van der Waals surface area contributed by atoms with E-state index < -0.39 is 12.8 Å². The van der Waals surface area contributed by atoms with Crippen LogP contribution in [0.3, 0.4) is 0 Å². The molecule has 0 saturated heterocycles. The highest BCUT2D eigenvalue weighted by Crippen LogP contribution is 2.33. The SMILES string of the molecule is CC1CCCC(CCl)(NCCCOCC(F)(F)F)C1. The quantitative estimate of drug-likeness (QED) is 0.571. The van der Waals surface area contributed by atoms with Crippen LogP contribution in [0.15, 0.2) is 0 Å². The maximum atomic E-state index is 11.9. The van der Waals surface area contributed by atoms with Crippen LogP contribution < -0.4 is 5.32 Å². The number of rotatable bonds is 7. The Bertz CT molecular complexity index is 263. The Morgan fingerprint density at radius 3 is 2.74 bits per heavy atom. The van der Waals surface area contributed by atoms with E-state index in [-0.39, 0.29) is 12.1 Å². The second-order valence-corrected chi connectivity index (χ2v) is 5.83. The zero-order chi connectivity index (χ0) is 14.4. The number of nitrogens with one attached hydrogen (secondary N) is 1. The molecule has 0 aromatic rings. The summed E-state index contributed by atoms with van der Waals surface area (Å²) in [6.07, 6.45) is 0.817. The van der Waals surface area contributed by atoms with Gasteiger partial charge < -0.3 is 10.1 Å². The van der Waals surface area contributed by atoms with Crippen molar-refractivity contribution in [2.75, 3.05) is 25.6 Å². The molecule has 0 heterocycles. The average molecular weight is 302 g/mol. The Morgan fingerprint density at radius 2 is 2.16 bits per heavy atom. The summed E-state index contributed by atoms with van der Waals surface area (Å²) < 4.78 is 40.1. The molecule has 1 aliphatic rings. The van der Waals surface area contributed by atoms with Gasteiger partial charge in [-0.15, -0.1) is 11.6 Å². The van der Waals surface area contributed by atoms with Gasteiger partial charge in [-0.25, -0.2) is 0 Å². The summed E-state index contributed by atoms with van der Waals surface area (Å²) in [5.74, 6) is 1.21. The highest BCUT2D eigenvalue weighted by molar-refractivity contribution is 6.18. The molecule has 1 saturated carbocycles. The summed E-state index contributed by atoms with van der Waals surface area (Å²) in [6.45, 7) is 1.83. The first kappa shape index (κ1) is 17.1. The molecule has 1 fully saturated rings. The van der Waals surface area contributed by atoms with Crippen molar-refractivity contribution in [3.8, 4) is 0 Å². The maximum Gasteiger partial charge on any atom is 0.411 e. The molecule has 1 N–H and O–H groups in total. The third kappa shape index (κ3) is 6.82. The highest BCUT2D eigenvalue weighted by atomic mass is 35.5. The summed E-state index contributed by atoms with van der Waals surface area (Å²) in [6, 6.07) is 0. The van der Waals surface area contributed by atoms with Crippen LogP contribution in [0, 0.1) is 5.92 Å². The van der Waals surface area contributed by atoms with E-state index >= 15 is 0 Å². The molecule has 6 heteroatoms. The largest absolute Gasteiger partial charge is 0.411 e. The number of hydrogen-bond acceptors (Lipinski definition) is 2. The van der Waals surface area contributed by atoms with E-state index in [9.17, 15) is 13.2 Å². The first-order valence-electron chi connectivity index (χ1n) is 6.82. The van der Waals surface area contributed by atoms with Crippen LogP contribution in [0.4, 0.5) is 13.2 Å². The molecule has 0 spiro atoms. The predicted octanol–water partition coefficient (Wildman–Crippen LogP) is 3.73. The first-order chi connectivity index (χ1) is 8.87. The highest BCUT2D eigenvalue weighted by Gasteiger charge is 2.33. The molecule has 114 valence electrons. The molecule has 0 radical (unpaired) electrons. The van der Waals surface area contributed by atoms with Crippen molar-refractivity contribution in [3.05, 3.63) is 0 Å². The van der Waals surface area contributed by atoms with Gasteiger partial charge >= 0.3 is 6.18 Å². The van der Waals surface area contributed by atoms with E-state index in [0.717, 1.165) is 19.3 Å². The Balaban J connectivity index is 2.16. The van der Waals surface area contributed by atoms with Crippen molar-refractivity contribution in [1.82, 2.24) is 5.32 Å². The van der Waals surface area contributed by atoms with E-state index in [1.165, 1.54) is 6.42 Å². The van der Waals surface area contributed by atoms with Crippen LogP contribution in [0.25, 0.3) is 0 Å². The molecule has 0 amide bonds. The van der Waals surface area contributed by atoms with E-state index in [2.05, 4.69) is 17.0 Å². The molecule has 1 rings (SSSR count). The van der Waals surface area contributed by atoms with Gasteiger partial charge in [-0.2, -0.15) is 13.2 Å². The van der Waals surface area contributed by atoms with Crippen molar-refractivity contribution < 1.29 is 17.9 Å². The van der Waals surface area contributed by atoms with Crippen LogP contribution in [0.2, 0.25) is 0 Å². The first-order valence-corrected chi connectivity index (χ1v) is 7.36. The van der Waals surface area contributed by atoms with Gasteiger partial charge in [-0.1, -0.05) is 19.8 Å². The lowest BCUT2D eigenvalue weighted by Gasteiger charge is -2.39. The number of hydrogen-bond donors (Lipinski definition) is 1. The summed E-state index contributed by atoms with van der Waals surface area (Å²) >= 11 is 6.06. The molecule has 0 aliphatic heterocycles. The smallest absolute Gasteiger partial charge is 0.372 e. The molecule has 0 aromatic carbocycles.